The molecular weight excluding hydrogens is 478 g/mol. The van der Waals surface area contributed by atoms with Gasteiger partial charge in [-0.2, -0.15) is 0 Å². The summed E-state index contributed by atoms with van der Waals surface area (Å²) in [7, 11) is 4.73. The molecule has 0 aliphatic carbocycles. The minimum absolute atomic E-state index is 0.0538. The van der Waals surface area contributed by atoms with Crippen LogP contribution in [0.5, 0.6) is 17.2 Å². The number of amidine groups is 1. The molecule has 36 heavy (non-hydrogen) atoms. The van der Waals surface area contributed by atoms with E-state index in [9.17, 15) is 9.59 Å². The summed E-state index contributed by atoms with van der Waals surface area (Å²) in [6.07, 6.45) is 0.0538. The summed E-state index contributed by atoms with van der Waals surface area (Å²) in [6, 6.07) is 21.9. The third-order valence-corrected chi connectivity index (χ3v) is 6.75. The van der Waals surface area contributed by atoms with E-state index in [2.05, 4.69) is 5.32 Å². The van der Waals surface area contributed by atoms with Crippen LogP contribution in [0.4, 0.5) is 11.4 Å². The van der Waals surface area contributed by atoms with E-state index in [0.29, 0.717) is 33.8 Å². The van der Waals surface area contributed by atoms with E-state index in [1.165, 1.54) is 11.8 Å². The molecule has 0 radical (unpaired) electrons. The lowest BCUT2D eigenvalue weighted by Gasteiger charge is -2.32. The maximum Gasteiger partial charge on any atom is 0.238 e. The van der Waals surface area contributed by atoms with Gasteiger partial charge in [0.05, 0.1) is 33.6 Å². The molecule has 2 amide bonds. The van der Waals surface area contributed by atoms with Gasteiger partial charge in [-0.3, -0.25) is 14.5 Å². The van der Waals surface area contributed by atoms with E-state index in [4.69, 9.17) is 19.2 Å². The van der Waals surface area contributed by atoms with Crippen LogP contribution in [0.1, 0.15) is 12.0 Å². The largest absolute Gasteiger partial charge is 0.497 e. The molecule has 186 valence electrons. The van der Waals surface area contributed by atoms with Crippen molar-refractivity contribution in [3.63, 3.8) is 0 Å². The molecule has 3 aromatic carbocycles. The average molecular weight is 506 g/mol. The summed E-state index contributed by atoms with van der Waals surface area (Å²) in [5.74, 6) is 1.44. The van der Waals surface area contributed by atoms with Crippen LogP contribution in [-0.4, -0.2) is 48.5 Å². The predicted octanol–water partition coefficient (Wildman–Crippen LogP) is 4.87. The lowest BCUT2D eigenvalue weighted by Crippen LogP contribution is -2.44. The molecule has 0 spiro atoms. The van der Waals surface area contributed by atoms with E-state index >= 15 is 0 Å². The van der Waals surface area contributed by atoms with Crippen LogP contribution in [0.25, 0.3) is 0 Å². The number of hydrogen-bond acceptors (Lipinski definition) is 7. The lowest BCUT2D eigenvalue weighted by atomic mass is 10.1. The Hall–Kier alpha value is -3.98. The zero-order chi connectivity index (χ0) is 25.5. The number of thioether (sulfide) groups is 1. The first kappa shape index (κ1) is 25.1. The van der Waals surface area contributed by atoms with E-state index in [1.807, 2.05) is 42.5 Å². The fraction of sp³-hybridized carbons (Fsp3) is 0.222. The second-order valence-electron chi connectivity index (χ2n) is 7.93. The number of nitrogens with zero attached hydrogens (tertiary/aromatic N) is 2. The first-order chi connectivity index (χ1) is 17.5. The molecule has 1 N–H and O–H groups in total. The second kappa shape index (κ2) is 11.6. The van der Waals surface area contributed by atoms with E-state index in [1.54, 1.807) is 56.6 Å². The summed E-state index contributed by atoms with van der Waals surface area (Å²) in [5, 5.41) is 2.72. The van der Waals surface area contributed by atoms with Gasteiger partial charge < -0.3 is 19.5 Å². The number of ether oxygens (including phenoxy) is 3. The van der Waals surface area contributed by atoms with Crippen molar-refractivity contribution in [2.24, 2.45) is 4.99 Å². The topological polar surface area (TPSA) is 89.5 Å². The molecule has 1 saturated heterocycles. The number of para-hydroxylation sites is 1. The van der Waals surface area contributed by atoms with Gasteiger partial charge in [-0.15, -0.1) is 0 Å². The minimum atomic E-state index is -0.614. The Balaban J connectivity index is 1.62. The number of anilines is 1. The number of nitrogens with one attached hydrogen (secondary N) is 1. The highest BCUT2D eigenvalue weighted by Gasteiger charge is 2.36. The number of methoxy groups -OCH3 is 3. The van der Waals surface area contributed by atoms with Crippen molar-refractivity contribution < 1.29 is 23.8 Å². The van der Waals surface area contributed by atoms with E-state index < -0.39 is 5.25 Å². The van der Waals surface area contributed by atoms with Crippen molar-refractivity contribution in [1.82, 2.24) is 4.90 Å². The average Bonchev–Trinajstić information content (AvgIpc) is 2.91. The van der Waals surface area contributed by atoms with Gasteiger partial charge in [0.1, 0.15) is 11.0 Å². The molecule has 9 heteroatoms. The quantitative estimate of drug-likeness (QED) is 0.470. The SMILES string of the molecule is COc1ccc(N=C2SC(C(=O)Nc3ccccc3)CC(=O)N2Cc2ccc(OC)c(OC)c2)cc1. The molecule has 1 aliphatic rings. The summed E-state index contributed by atoms with van der Waals surface area (Å²) >= 11 is 1.27. The third-order valence-electron chi connectivity index (χ3n) is 5.56. The van der Waals surface area contributed by atoms with Crippen LogP contribution < -0.4 is 19.5 Å². The zero-order valence-electron chi connectivity index (χ0n) is 20.3. The molecule has 0 saturated carbocycles. The summed E-state index contributed by atoms with van der Waals surface area (Å²) in [4.78, 5) is 32.7. The summed E-state index contributed by atoms with van der Waals surface area (Å²) in [5.41, 5.74) is 2.17. The first-order valence-corrected chi connectivity index (χ1v) is 12.1. The third kappa shape index (κ3) is 5.98. The monoisotopic (exact) mass is 505 g/mol. The Bertz CT molecular complexity index is 1250. The second-order valence-corrected chi connectivity index (χ2v) is 9.10. The van der Waals surface area contributed by atoms with Crippen LogP contribution >= 0.6 is 11.8 Å². The van der Waals surface area contributed by atoms with Gasteiger partial charge in [0, 0.05) is 12.1 Å². The van der Waals surface area contributed by atoms with Crippen LogP contribution in [0.2, 0.25) is 0 Å². The number of carbonyl (C=O) groups excluding carboxylic acids is 2. The van der Waals surface area contributed by atoms with Gasteiger partial charge in [-0.25, -0.2) is 4.99 Å². The van der Waals surface area contributed by atoms with Gasteiger partial charge in [0.15, 0.2) is 16.7 Å². The molecule has 1 unspecified atom stereocenters. The molecule has 4 rings (SSSR count). The van der Waals surface area contributed by atoms with Crippen molar-refractivity contribution >= 4 is 40.1 Å². The summed E-state index contributed by atoms with van der Waals surface area (Å²) in [6.45, 7) is 0.272. The standard InChI is InChI=1S/C27H27N3O5S/c1-33-21-12-10-20(11-13-21)29-27-30(17-18-9-14-22(34-2)23(15-18)35-3)25(31)16-24(36-27)26(32)28-19-7-5-4-6-8-19/h4-15,24H,16-17H2,1-3H3,(H,28,32). The molecular formula is C27H27N3O5S. The molecule has 0 aromatic heterocycles. The number of benzene rings is 3. The number of hydrogen-bond donors (Lipinski definition) is 1. The lowest BCUT2D eigenvalue weighted by molar-refractivity contribution is -0.129. The zero-order valence-corrected chi connectivity index (χ0v) is 21.1. The Morgan fingerprint density at radius 3 is 2.36 bits per heavy atom. The van der Waals surface area contributed by atoms with Crippen molar-refractivity contribution in [3.05, 3.63) is 78.4 Å². The van der Waals surface area contributed by atoms with Gasteiger partial charge >= 0.3 is 0 Å². The molecule has 1 heterocycles. The molecule has 1 fully saturated rings. The Kier molecular flexibility index (Phi) is 8.12. The van der Waals surface area contributed by atoms with E-state index in [-0.39, 0.29) is 24.8 Å². The predicted molar refractivity (Wildman–Crippen MR) is 141 cm³/mol. The Labute approximate surface area is 214 Å². The molecule has 0 bridgehead atoms. The highest BCUT2D eigenvalue weighted by molar-refractivity contribution is 8.15. The van der Waals surface area contributed by atoms with Crippen molar-refractivity contribution in [2.45, 2.75) is 18.2 Å². The summed E-state index contributed by atoms with van der Waals surface area (Å²) < 4.78 is 16.0. The molecule has 3 aromatic rings. The number of rotatable bonds is 8. The Morgan fingerprint density at radius 2 is 1.69 bits per heavy atom. The van der Waals surface area contributed by atoms with Crippen LogP contribution in [0.15, 0.2) is 77.8 Å². The van der Waals surface area contributed by atoms with Gasteiger partial charge in [-0.1, -0.05) is 36.0 Å². The smallest absolute Gasteiger partial charge is 0.238 e. The Morgan fingerprint density at radius 1 is 0.972 bits per heavy atom. The first-order valence-electron chi connectivity index (χ1n) is 11.3. The normalized spacial score (nSPS) is 16.5. The van der Waals surface area contributed by atoms with Gasteiger partial charge in [0.25, 0.3) is 0 Å². The number of aliphatic imine (C=N–C) groups is 1. The minimum Gasteiger partial charge on any atom is -0.497 e. The van der Waals surface area contributed by atoms with Crippen LogP contribution in [-0.2, 0) is 16.1 Å². The number of amides is 2. The van der Waals surface area contributed by atoms with Crippen molar-refractivity contribution in [3.8, 4) is 17.2 Å². The number of carbonyl (C=O) groups is 2. The maximum atomic E-state index is 13.3. The van der Waals surface area contributed by atoms with Gasteiger partial charge in [-0.05, 0) is 54.1 Å². The van der Waals surface area contributed by atoms with Crippen LogP contribution in [0, 0.1) is 0 Å². The van der Waals surface area contributed by atoms with Crippen LogP contribution in [0.3, 0.4) is 0 Å². The highest BCUT2D eigenvalue weighted by atomic mass is 32.2. The molecule has 1 aliphatic heterocycles. The molecule has 8 nitrogen and oxygen atoms in total. The van der Waals surface area contributed by atoms with Gasteiger partial charge in [0.2, 0.25) is 11.8 Å². The molecule has 1 atom stereocenters. The fourth-order valence-electron chi connectivity index (χ4n) is 3.67. The van der Waals surface area contributed by atoms with Crippen molar-refractivity contribution in [1.29, 1.82) is 0 Å². The van der Waals surface area contributed by atoms with Crippen molar-refractivity contribution in [2.75, 3.05) is 26.6 Å². The maximum absolute atomic E-state index is 13.3. The fourth-order valence-corrected chi connectivity index (χ4v) is 4.77. The highest BCUT2D eigenvalue weighted by Crippen LogP contribution is 2.33. The van der Waals surface area contributed by atoms with E-state index in [0.717, 1.165) is 5.56 Å².